The Kier molecular flexibility index (Phi) is 7.47. The van der Waals surface area contributed by atoms with Gasteiger partial charge in [-0.2, -0.15) is 0 Å². The largest absolute Gasteiger partial charge is 0.459 e. The molecule has 0 radical (unpaired) electrons. The van der Waals surface area contributed by atoms with Gasteiger partial charge in [-0.3, -0.25) is 4.79 Å². The van der Waals surface area contributed by atoms with Gasteiger partial charge in [-0.15, -0.1) is 0 Å². The second-order valence-electron chi connectivity index (χ2n) is 5.38. The number of hydrogen-bond acceptors (Lipinski definition) is 7. The lowest BCUT2D eigenvalue weighted by Crippen LogP contribution is -2.29. The molecule has 0 bridgehead atoms. The highest BCUT2D eigenvalue weighted by Crippen LogP contribution is 2.08. The summed E-state index contributed by atoms with van der Waals surface area (Å²) in [5.74, 6) is -1.84. The number of rotatable bonds is 0. The van der Waals surface area contributed by atoms with E-state index in [1.54, 1.807) is 13.8 Å². The molecule has 7 nitrogen and oxygen atoms in total. The third-order valence-corrected chi connectivity index (χ3v) is 3.04. The summed E-state index contributed by atoms with van der Waals surface area (Å²) in [6.07, 6.45) is 2.17. The molecule has 0 aromatic rings. The van der Waals surface area contributed by atoms with Crippen molar-refractivity contribution in [3.63, 3.8) is 0 Å². The van der Waals surface area contributed by atoms with E-state index in [1.807, 2.05) is 0 Å². The average molecular weight is 326 g/mol. The smallest absolute Gasteiger partial charge is 0.330 e. The molecule has 1 aliphatic heterocycles. The van der Waals surface area contributed by atoms with E-state index in [-0.39, 0.29) is 6.42 Å². The van der Waals surface area contributed by atoms with Crippen LogP contribution >= 0.6 is 0 Å². The molecule has 23 heavy (non-hydrogen) atoms. The molecule has 1 aliphatic rings. The molecule has 0 amide bonds. The van der Waals surface area contributed by atoms with Crippen LogP contribution in [0.1, 0.15) is 33.6 Å². The normalized spacial score (nSPS) is 34.0. The van der Waals surface area contributed by atoms with Crippen molar-refractivity contribution in [2.45, 2.75) is 58.0 Å². The average Bonchev–Trinajstić information content (AvgIpc) is 2.43. The Hall–Kier alpha value is -2.15. The van der Waals surface area contributed by atoms with E-state index in [4.69, 9.17) is 14.2 Å². The molecule has 1 rings (SSSR count). The van der Waals surface area contributed by atoms with Crippen LogP contribution in [0.5, 0.6) is 0 Å². The minimum absolute atomic E-state index is 0.126. The maximum Gasteiger partial charge on any atom is 0.330 e. The van der Waals surface area contributed by atoms with E-state index in [0.717, 1.165) is 6.08 Å². The fraction of sp³-hybridized carbons (Fsp3) is 0.562. The predicted molar refractivity (Wildman–Crippen MR) is 80.2 cm³/mol. The van der Waals surface area contributed by atoms with Crippen molar-refractivity contribution < 1.29 is 33.7 Å². The Balaban J connectivity index is 2.82. The van der Waals surface area contributed by atoms with E-state index in [0.29, 0.717) is 6.42 Å². The topological polar surface area (TPSA) is 99.1 Å². The van der Waals surface area contributed by atoms with E-state index in [9.17, 15) is 19.5 Å². The Bertz CT molecular complexity index is 495. The van der Waals surface area contributed by atoms with E-state index < -0.39 is 42.3 Å². The zero-order chi connectivity index (χ0) is 17.4. The molecule has 7 heteroatoms. The zero-order valence-corrected chi connectivity index (χ0v) is 13.4. The van der Waals surface area contributed by atoms with Crippen molar-refractivity contribution in [1.82, 2.24) is 0 Å². The lowest BCUT2D eigenvalue weighted by atomic mass is 10.2. The number of hydrogen-bond donors (Lipinski definition) is 1. The van der Waals surface area contributed by atoms with Gasteiger partial charge in [0, 0.05) is 18.6 Å². The van der Waals surface area contributed by atoms with Crippen LogP contribution in [-0.4, -0.2) is 47.4 Å². The van der Waals surface area contributed by atoms with Crippen LogP contribution in [0.4, 0.5) is 0 Å². The van der Waals surface area contributed by atoms with E-state index in [2.05, 4.69) is 0 Å². The molecular weight excluding hydrogens is 304 g/mol. The monoisotopic (exact) mass is 326 g/mol. The van der Waals surface area contributed by atoms with Crippen LogP contribution in [-0.2, 0) is 28.6 Å². The molecule has 0 aromatic carbocycles. The first-order chi connectivity index (χ1) is 10.8. The van der Waals surface area contributed by atoms with Crippen LogP contribution in [0, 0.1) is 0 Å². The summed E-state index contributed by atoms with van der Waals surface area (Å²) in [6, 6.07) is 0. The first-order valence-corrected chi connectivity index (χ1v) is 7.41. The molecular formula is C16H22O7. The summed E-state index contributed by atoms with van der Waals surface area (Å²) in [6.45, 7) is 4.74. The van der Waals surface area contributed by atoms with E-state index in [1.165, 1.54) is 25.2 Å². The van der Waals surface area contributed by atoms with Crippen molar-refractivity contribution >= 4 is 17.9 Å². The number of cyclic esters (lactones) is 3. The first kappa shape index (κ1) is 18.9. The molecule has 0 unspecified atom stereocenters. The van der Waals surface area contributed by atoms with E-state index >= 15 is 0 Å². The van der Waals surface area contributed by atoms with Gasteiger partial charge in [0.25, 0.3) is 0 Å². The minimum Gasteiger partial charge on any atom is -0.459 e. The SMILES string of the molecule is C[C@@H]1OC(=O)C[C@H](C)OC(=O)/C=C\C[C@H](C)OC(=O)/C=C\[C@H]1O. The van der Waals surface area contributed by atoms with Gasteiger partial charge in [0.1, 0.15) is 24.4 Å². The number of ether oxygens (including phenoxy) is 3. The van der Waals surface area contributed by atoms with Gasteiger partial charge in [-0.25, -0.2) is 9.59 Å². The molecule has 0 spiro atoms. The second kappa shape index (κ2) is 9.09. The Morgan fingerprint density at radius 2 is 1.57 bits per heavy atom. The molecule has 0 aromatic heterocycles. The fourth-order valence-corrected chi connectivity index (χ4v) is 1.81. The summed E-state index contributed by atoms with van der Waals surface area (Å²) in [5.41, 5.74) is 0. The zero-order valence-electron chi connectivity index (χ0n) is 13.4. The molecule has 0 fully saturated rings. The number of aliphatic hydroxyl groups excluding tert-OH is 1. The third kappa shape index (κ3) is 7.60. The summed E-state index contributed by atoms with van der Waals surface area (Å²) < 4.78 is 15.1. The van der Waals surface area contributed by atoms with Gasteiger partial charge in [-0.1, -0.05) is 6.08 Å². The van der Waals surface area contributed by atoms with Crippen molar-refractivity contribution in [2.75, 3.05) is 0 Å². The maximum atomic E-state index is 11.7. The fourth-order valence-electron chi connectivity index (χ4n) is 1.81. The summed E-state index contributed by atoms with van der Waals surface area (Å²) >= 11 is 0. The Morgan fingerprint density at radius 1 is 0.957 bits per heavy atom. The molecule has 0 aliphatic carbocycles. The van der Waals surface area contributed by atoms with Crippen LogP contribution in [0.25, 0.3) is 0 Å². The molecule has 4 atom stereocenters. The first-order valence-electron chi connectivity index (χ1n) is 7.41. The minimum atomic E-state index is -1.15. The van der Waals surface area contributed by atoms with Gasteiger partial charge < -0.3 is 19.3 Å². The number of aliphatic hydroxyl groups is 1. The summed E-state index contributed by atoms with van der Waals surface area (Å²) in [4.78, 5) is 34.8. The lowest BCUT2D eigenvalue weighted by Gasteiger charge is -2.18. The molecule has 1 N–H and O–H groups in total. The van der Waals surface area contributed by atoms with Crippen LogP contribution in [0.2, 0.25) is 0 Å². The van der Waals surface area contributed by atoms with Crippen LogP contribution in [0.15, 0.2) is 24.3 Å². The Labute approximate surface area is 134 Å². The van der Waals surface area contributed by atoms with Crippen molar-refractivity contribution in [3.8, 4) is 0 Å². The van der Waals surface area contributed by atoms with Crippen molar-refractivity contribution in [2.24, 2.45) is 0 Å². The van der Waals surface area contributed by atoms with Crippen LogP contribution in [0.3, 0.4) is 0 Å². The lowest BCUT2D eigenvalue weighted by molar-refractivity contribution is -0.157. The molecule has 0 saturated heterocycles. The second-order valence-corrected chi connectivity index (χ2v) is 5.38. The number of carbonyl (C=O) groups excluding carboxylic acids is 3. The quantitative estimate of drug-likeness (QED) is 0.524. The standard InChI is InChI=1S/C16H22O7/c1-10-5-4-6-14(18)22-11(2)9-16(20)23-12(3)13(17)7-8-15(19)21-10/h4,6-8,10-13,17H,5,9H2,1-3H3/b6-4-,8-7-/t10-,11-,12-,13+/m0/s1. The van der Waals surface area contributed by atoms with Gasteiger partial charge in [-0.05, 0) is 26.8 Å². The molecule has 128 valence electrons. The van der Waals surface area contributed by atoms with Gasteiger partial charge in [0.2, 0.25) is 0 Å². The number of carbonyl (C=O) groups is 3. The predicted octanol–water partition coefficient (Wildman–Crippen LogP) is 1.05. The molecule has 1 heterocycles. The highest BCUT2D eigenvalue weighted by atomic mass is 16.6. The highest BCUT2D eigenvalue weighted by Gasteiger charge is 2.20. The summed E-state index contributed by atoms with van der Waals surface area (Å²) in [5, 5.41) is 9.83. The van der Waals surface area contributed by atoms with Crippen molar-refractivity contribution in [3.05, 3.63) is 24.3 Å². The highest BCUT2D eigenvalue weighted by molar-refractivity contribution is 5.83. The number of esters is 3. The summed E-state index contributed by atoms with van der Waals surface area (Å²) in [7, 11) is 0. The molecule has 0 saturated carbocycles. The van der Waals surface area contributed by atoms with Gasteiger partial charge >= 0.3 is 17.9 Å². The van der Waals surface area contributed by atoms with Crippen LogP contribution < -0.4 is 0 Å². The van der Waals surface area contributed by atoms with Gasteiger partial charge in [0.15, 0.2) is 0 Å². The van der Waals surface area contributed by atoms with Crippen molar-refractivity contribution in [1.29, 1.82) is 0 Å². The Morgan fingerprint density at radius 3 is 2.26 bits per heavy atom. The van der Waals surface area contributed by atoms with Gasteiger partial charge in [0.05, 0.1) is 6.42 Å². The maximum absolute atomic E-state index is 11.7. The third-order valence-electron chi connectivity index (χ3n) is 3.04.